The number of ether oxygens (including phenoxy) is 2. The van der Waals surface area contributed by atoms with Crippen molar-refractivity contribution in [3.63, 3.8) is 0 Å². The van der Waals surface area contributed by atoms with Gasteiger partial charge in [0.2, 0.25) is 0 Å². The lowest BCUT2D eigenvalue weighted by atomic mass is 10.0. The van der Waals surface area contributed by atoms with E-state index in [4.69, 9.17) is 9.47 Å². The molecular weight excluding hydrogens is 192 g/mol. The molecule has 0 bridgehead atoms. The molecule has 0 aromatic heterocycles. The van der Waals surface area contributed by atoms with Gasteiger partial charge in [-0.2, -0.15) is 0 Å². The highest BCUT2D eigenvalue weighted by atomic mass is 16.6. The number of allylic oxidation sites excluding steroid dienone is 3. The molecule has 0 N–H and O–H groups in total. The molecule has 1 atom stereocenters. The van der Waals surface area contributed by atoms with E-state index in [2.05, 4.69) is 6.92 Å². The van der Waals surface area contributed by atoms with Crippen molar-refractivity contribution in [2.24, 2.45) is 0 Å². The van der Waals surface area contributed by atoms with Crippen LogP contribution in [0, 0.1) is 0 Å². The fourth-order valence-electron chi connectivity index (χ4n) is 1.37. The van der Waals surface area contributed by atoms with E-state index >= 15 is 0 Å². The van der Waals surface area contributed by atoms with Gasteiger partial charge in [0.05, 0.1) is 13.2 Å². The summed E-state index contributed by atoms with van der Waals surface area (Å²) in [7, 11) is 1.53. The normalized spacial score (nSPS) is 26.1. The zero-order chi connectivity index (χ0) is 11.3. The van der Waals surface area contributed by atoms with Crippen LogP contribution >= 0.6 is 0 Å². The molecule has 82 valence electrons. The summed E-state index contributed by atoms with van der Waals surface area (Å²) in [5.74, 6) is 0.173. The standard InChI is InChI=1S/C12H16O3/c1-4-5-6-7-8-12(2)10(14-3)9-11(13)15-12/h5-9H,4H2,1-3H3/b6-5+,8-7+/t12-/m1/s1. The predicted octanol–water partition coefficient (Wildman–Crippen LogP) is 2.35. The van der Waals surface area contributed by atoms with Crippen molar-refractivity contribution >= 4 is 5.97 Å². The van der Waals surface area contributed by atoms with Crippen molar-refractivity contribution in [1.82, 2.24) is 0 Å². The van der Waals surface area contributed by atoms with E-state index in [0.717, 1.165) is 6.42 Å². The van der Waals surface area contributed by atoms with Crippen molar-refractivity contribution in [2.45, 2.75) is 25.9 Å². The lowest BCUT2D eigenvalue weighted by Crippen LogP contribution is -2.25. The molecule has 1 aliphatic rings. The number of methoxy groups -OCH3 is 1. The van der Waals surface area contributed by atoms with Crippen molar-refractivity contribution in [1.29, 1.82) is 0 Å². The Morgan fingerprint density at radius 2 is 2.27 bits per heavy atom. The molecule has 0 amide bonds. The molecule has 1 heterocycles. The van der Waals surface area contributed by atoms with E-state index in [1.807, 2.05) is 18.2 Å². The Balaban J connectivity index is 2.75. The molecule has 1 rings (SSSR count). The van der Waals surface area contributed by atoms with Gasteiger partial charge >= 0.3 is 5.97 Å². The molecule has 0 saturated carbocycles. The average molecular weight is 208 g/mol. The molecule has 0 saturated heterocycles. The highest BCUT2D eigenvalue weighted by Gasteiger charge is 2.37. The third-order valence-electron chi connectivity index (χ3n) is 2.17. The van der Waals surface area contributed by atoms with Crippen molar-refractivity contribution < 1.29 is 14.3 Å². The van der Waals surface area contributed by atoms with Crippen molar-refractivity contribution in [2.75, 3.05) is 7.11 Å². The summed E-state index contributed by atoms with van der Waals surface area (Å²) in [6, 6.07) is 0. The van der Waals surface area contributed by atoms with Crippen molar-refractivity contribution in [3.8, 4) is 0 Å². The Morgan fingerprint density at radius 3 is 2.87 bits per heavy atom. The summed E-state index contributed by atoms with van der Waals surface area (Å²) in [6.07, 6.45) is 9.95. The van der Waals surface area contributed by atoms with Crippen LogP contribution in [0.15, 0.2) is 36.1 Å². The number of cyclic esters (lactones) is 1. The molecule has 15 heavy (non-hydrogen) atoms. The predicted molar refractivity (Wildman–Crippen MR) is 58.2 cm³/mol. The lowest BCUT2D eigenvalue weighted by Gasteiger charge is -2.21. The minimum absolute atomic E-state index is 0.363. The van der Waals surface area contributed by atoms with Crippen molar-refractivity contribution in [3.05, 3.63) is 36.1 Å². The Labute approximate surface area is 90.1 Å². The molecule has 0 aromatic rings. The van der Waals surface area contributed by atoms with E-state index in [1.54, 1.807) is 13.0 Å². The maximum absolute atomic E-state index is 11.1. The van der Waals surface area contributed by atoms with Crippen LogP contribution < -0.4 is 0 Å². The van der Waals surface area contributed by atoms with Gasteiger partial charge in [-0.1, -0.05) is 25.2 Å². The summed E-state index contributed by atoms with van der Waals surface area (Å²) in [5, 5.41) is 0. The van der Waals surface area contributed by atoms with E-state index in [0.29, 0.717) is 5.76 Å². The third-order valence-corrected chi connectivity index (χ3v) is 2.17. The zero-order valence-electron chi connectivity index (χ0n) is 9.32. The minimum Gasteiger partial charge on any atom is -0.496 e. The maximum Gasteiger partial charge on any atom is 0.335 e. The number of hydrogen-bond acceptors (Lipinski definition) is 3. The number of carbonyl (C=O) groups is 1. The Morgan fingerprint density at radius 1 is 1.53 bits per heavy atom. The summed E-state index contributed by atoms with van der Waals surface area (Å²) < 4.78 is 10.2. The summed E-state index contributed by atoms with van der Waals surface area (Å²) in [6.45, 7) is 3.85. The Bertz CT molecular complexity index is 326. The van der Waals surface area contributed by atoms with Gasteiger partial charge in [0.25, 0.3) is 0 Å². The lowest BCUT2D eigenvalue weighted by molar-refractivity contribution is -0.142. The Hall–Kier alpha value is -1.51. The van der Waals surface area contributed by atoms with Crippen LogP contribution in [0.25, 0.3) is 0 Å². The van der Waals surface area contributed by atoms with Crippen LogP contribution in [0.1, 0.15) is 20.3 Å². The van der Waals surface area contributed by atoms with Crippen LogP contribution in [0.4, 0.5) is 0 Å². The average Bonchev–Trinajstić information content (AvgIpc) is 2.49. The van der Waals surface area contributed by atoms with E-state index < -0.39 is 5.60 Å². The van der Waals surface area contributed by atoms with Gasteiger partial charge in [-0.05, 0) is 19.4 Å². The quantitative estimate of drug-likeness (QED) is 0.525. The van der Waals surface area contributed by atoms with Gasteiger partial charge in [0.1, 0.15) is 0 Å². The maximum atomic E-state index is 11.1. The first-order valence-corrected chi connectivity index (χ1v) is 4.96. The van der Waals surface area contributed by atoms with Crippen LogP contribution in [-0.4, -0.2) is 18.7 Å². The summed E-state index contributed by atoms with van der Waals surface area (Å²) in [5.41, 5.74) is -0.760. The molecule has 3 heteroatoms. The van der Waals surface area contributed by atoms with E-state index in [9.17, 15) is 4.79 Å². The van der Waals surface area contributed by atoms with Crippen LogP contribution in [0.3, 0.4) is 0 Å². The van der Waals surface area contributed by atoms with Gasteiger partial charge in [-0.15, -0.1) is 0 Å². The number of esters is 1. The highest BCUT2D eigenvalue weighted by molar-refractivity contribution is 5.86. The van der Waals surface area contributed by atoms with Crippen LogP contribution in [-0.2, 0) is 14.3 Å². The van der Waals surface area contributed by atoms with Gasteiger partial charge in [0, 0.05) is 0 Å². The topological polar surface area (TPSA) is 35.5 Å². The molecular formula is C12H16O3. The van der Waals surface area contributed by atoms with Crippen LogP contribution in [0.5, 0.6) is 0 Å². The number of rotatable bonds is 4. The molecule has 0 radical (unpaired) electrons. The smallest absolute Gasteiger partial charge is 0.335 e. The Kier molecular flexibility index (Phi) is 3.72. The molecule has 0 unspecified atom stereocenters. The van der Waals surface area contributed by atoms with Crippen LogP contribution in [0.2, 0.25) is 0 Å². The fourth-order valence-corrected chi connectivity index (χ4v) is 1.37. The molecule has 0 aliphatic carbocycles. The van der Waals surface area contributed by atoms with E-state index in [1.165, 1.54) is 13.2 Å². The molecule has 1 aliphatic heterocycles. The minimum atomic E-state index is -0.760. The first-order valence-electron chi connectivity index (χ1n) is 4.96. The zero-order valence-corrected chi connectivity index (χ0v) is 9.32. The second kappa shape index (κ2) is 4.82. The fraction of sp³-hybridized carbons (Fsp3) is 0.417. The number of hydrogen-bond donors (Lipinski definition) is 0. The largest absolute Gasteiger partial charge is 0.496 e. The SMILES string of the molecule is CC/C=C/C=C/[C@@]1(C)OC(=O)C=C1OC. The first kappa shape index (κ1) is 11.6. The number of carbonyl (C=O) groups excluding carboxylic acids is 1. The molecule has 0 aromatic carbocycles. The summed E-state index contributed by atoms with van der Waals surface area (Å²) >= 11 is 0. The van der Waals surface area contributed by atoms with Gasteiger partial charge in [-0.25, -0.2) is 4.79 Å². The summed E-state index contributed by atoms with van der Waals surface area (Å²) in [4.78, 5) is 11.1. The van der Waals surface area contributed by atoms with E-state index in [-0.39, 0.29) is 5.97 Å². The molecule has 0 fully saturated rings. The van der Waals surface area contributed by atoms with Gasteiger partial charge in [0.15, 0.2) is 11.4 Å². The second-order valence-electron chi connectivity index (χ2n) is 3.44. The highest BCUT2D eigenvalue weighted by Crippen LogP contribution is 2.29. The first-order chi connectivity index (χ1) is 7.12. The third kappa shape index (κ3) is 2.72. The van der Waals surface area contributed by atoms with Gasteiger partial charge < -0.3 is 9.47 Å². The molecule has 0 spiro atoms. The second-order valence-corrected chi connectivity index (χ2v) is 3.44. The monoisotopic (exact) mass is 208 g/mol. The van der Waals surface area contributed by atoms with Gasteiger partial charge in [-0.3, -0.25) is 0 Å². The molecule has 3 nitrogen and oxygen atoms in total.